The van der Waals surface area contributed by atoms with Crippen molar-refractivity contribution in [2.24, 2.45) is 0 Å². The molecule has 0 radical (unpaired) electrons. The van der Waals surface area contributed by atoms with Crippen molar-refractivity contribution >= 4 is 26.0 Å². The van der Waals surface area contributed by atoms with Gasteiger partial charge in [-0.1, -0.05) is 0 Å². The number of rotatable bonds is 6. The van der Waals surface area contributed by atoms with E-state index in [-0.39, 0.29) is 28.3 Å². The van der Waals surface area contributed by atoms with Gasteiger partial charge in [-0.15, -0.1) is 0 Å². The molecule has 0 spiro atoms. The zero-order chi connectivity index (χ0) is 19.7. The van der Waals surface area contributed by atoms with E-state index >= 15 is 0 Å². The van der Waals surface area contributed by atoms with E-state index in [0.29, 0.717) is 12.8 Å². The number of sulfonamides is 2. The maximum absolute atomic E-state index is 12.9. The molecule has 1 fully saturated rings. The zero-order valence-corrected chi connectivity index (χ0v) is 17.0. The van der Waals surface area contributed by atoms with Crippen molar-refractivity contribution in [3.05, 3.63) is 24.3 Å². The zero-order valence-electron chi connectivity index (χ0n) is 15.3. The summed E-state index contributed by atoms with van der Waals surface area (Å²) in [7, 11) is -4.71. The smallest absolute Gasteiger partial charge is 0.243 e. The molecule has 1 heterocycles. The van der Waals surface area contributed by atoms with E-state index in [4.69, 9.17) is 0 Å². The Hall–Kier alpha value is -1.49. The lowest BCUT2D eigenvalue weighted by molar-refractivity contribution is -0.124. The number of carbonyl (C=O) groups excluding carboxylic acids is 1. The predicted octanol–water partition coefficient (Wildman–Crippen LogP) is 0.615. The third-order valence-electron chi connectivity index (χ3n) is 4.15. The summed E-state index contributed by atoms with van der Waals surface area (Å²) >= 11 is 0. The molecule has 1 unspecified atom stereocenters. The van der Waals surface area contributed by atoms with Crippen molar-refractivity contribution in [2.75, 3.05) is 20.6 Å². The van der Waals surface area contributed by atoms with Gasteiger partial charge < -0.3 is 5.32 Å². The predicted molar refractivity (Wildman–Crippen MR) is 97.5 cm³/mol. The summed E-state index contributed by atoms with van der Waals surface area (Å²) in [6, 6.07) is 4.24. The number of benzene rings is 1. The van der Waals surface area contributed by atoms with Crippen molar-refractivity contribution < 1.29 is 21.6 Å². The lowest BCUT2D eigenvalue weighted by Gasteiger charge is -2.24. The molecule has 1 aliphatic heterocycles. The largest absolute Gasteiger partial charge is 0.353 e. The average Bonchev–Trinajstić information content (AvgIpc) is 3.04. The van der Waals surface area contributed by atoms with Gasteiger partial charge in [-0.05, 0) is 51.0 Å². The Bertz CT molecular complexity index is 862. The summed E-state index contributed by atoms with van der Waals surface area (Å²) in [6.45, 7) is 3.89. The number of nitrogens with zero attached hydrogens (tertiary/aromatic N) is 2. The molecule has 1 N–H and O–H groups in total. The van der Waals surface area contributed by atoms with Gasteiger partial charge in [-0.3, -0.25) is 4.79 Å². The van der Waals surface area contributed by atoms with E-state index in [0.717, 1.165) is 4.31 Å². The lowest BCUT2D eigenvalue weighted by atomic mass is 10.2. The molecule has 0 aliphatic carbocycles. The van der Waals surface area contributed by atoms with E-state index in [9.17, 15) is 21.6 Å². The molecule has 1 atom stereocenters. The first kappa shape index (κ1) is 20.8. The van der Waals surface area contributed by atoms with E-state index in [1.165, 1.54) is 42.7 Å². The van der Waals surface area contributed by atoms with Crippen LogP contribution in [-0.4, -0.2) is 64.1 Å². The first-order chi connectivity index (χ1) is 12.0. The minimum Gasteiger partial charge on any atom is -0.353 e. The van der Waals surface area contributed by atoms with Crippen LogP contribution in [0.2, 0.25) is 0 Å². The molecule has 26 heavy (non-hydrogen) atoms. The van der Waals surface area contributed by atoms with Crippen LogP contribution in [0.1, 0.15) is 26.7 Å². The third-order valence-corrected chi connectivity index (χ3v) is 7.90. The first-order valence-corrected chi connectivity index (χ1v) is 11.2. The maximum Gasteiger partial charge on any atom is 0.243 e. The normalized spacial score (nSPS) is 19.2. The van der Waals surface area contributed by atoms with Crippen LogP contribution in [0.4, 0.5) is 0 Å². The Kier molecular flexibility index (Phi) is 6.11. The van der Waals surface area contributed by atoms with E-state index in [2.05, 4.69) is 5.32 Å². The Morgan fingerprint density at radius 3 is 2.15 bits per heavy atom. The molecule has 1 saturated heterocycles. The third kappa shape index (κ3) is 4.08. The topological polar surface area (TPSA) is 104 Å². The summed E-state index contributed by atoms with van der Waals surface area (Å²) in [5, 5.41) is 2.75. The molecule has 0 aromatic heterocycles. The molecule has 8 nitrogen and oxygen atoms in total. The number of nitrogens with one attached hydrogen (secondary N) is 1. The van der Waals surface area contributed by atoms with Crippen LogP contribution in [0, 0.1) is 0 Å². The molecule has 1 aromatic rings. The lowest BCUT2D eigenvalue weighted by Crippen LogP contribution is -2.47. The highest BCUT2D eigenvalue weighted by atomic mass is 32.2. The van der Waals surface area contributed by atoms with Crippen LogP contribution in [-0.2, 0) is 24.8 Å². The maximum atomic E-state index is 12.9. The quantitative estimate of drug-likeness (QED) is 0.750. The second kappa shape index (κ2) is 7.63. The van der Waals surface area contributed by atoms with Crippen molar-refractivity contribution in [3.63, 3.8) is 0 Å². The molecule has 0 saturated carbocycles. The second-order valence-corrected chi connectivity index (χ2v) is 10.7. The van der Waals surface area contributed by atoms with Crippen LogP contribution < -0.4 is 5.32 Å². The minimum absolute atomic E-state index is 0.0111. The Labute approximate surface area is 155 Å². The van der Waals surface area contributed by atoms with Crippen LogP contribution in [0.5, 0.6) is 0 Å². The highest BCUT2D eigenvalue weighted by Crippen LogP contribution is 2.27. The van der Waals surface area contributed by atoms with Gasteiger partial charge in [0, 0.05) is 26.7 Å². The molecule has 2 rings (SSSR count). The molecule has 1 aliphatic rings. The van der Waals surface area contributed by atoms with E-state index in [1.54, 1.807) is 0 Å². The Morgan fingerprint density at radius 1 is 1.12 bits per heavy atom. The van der Waals surface area contributed by atoms with Crippen molar-refractivity contribution in [1.29, 1.82) is 0 Å². The summed E-state index contributed by atoms with van der Waals surface area (Å²) < 4.78 is 52.3. The molecule has 1 aromatic carbocycles. The summed E-state index contributed by atoms with van der Waals surface area (Å²) in [4.78, 5) is 12.3. The van der Waals surface area contributed by atoms with Gasteiger partial charge in [0.1, 0.15) is 6.04 Å². The molecular weight excluding hydrogens is 378 g/mol. The Morgan fingerprint density at radius 2 is 1.65 bits per heavy atom. The van der Waals surface area contributed by atoms with Crippen LogP contribution in [0.25, 0.3) is 0 Å². The summed E-state index contributed by atoms with van der Waals surface area (Å²) in [5.41, 5.74) is 0. The Balaban J connectivity index is 2.31. The highest BCUT2D eigenvalue weighted by molar-refractivity contribution is 7.89. The first-order valence-electron chi connectivity index (χ1n) is 8.32. The second-order valence-electron chi connectivity index (χ2n) is 6.70. The monoisotopic (exact) mass is 403 g/mol. The highest BCUT2D eigenvalue weighted by Gasteiger charge is 2.39. The van der Waals surface area contributed by atoms with Gasteiger partial charge >= 0.3 is 0 Å². The van der Waals surface area contributed by atoms with Crippen molar-refractivity contribution in [3.8, 4) is 0 Å². The molecule has 146 valence electrons. The van der Waals surface area contributed by atoms with E-state index in [1.807, 2.05) is 13.8 Å². The average molecular weight is 404 g/mol. The number of hydrogen-bond donors (Lipinski definition) is 1. The molecule has 10 heteroatoms. The number of amides is 1. The summed E-state index contributed by atoms with van der Waals surface area (Å²) in [6.07, 6.45) is 1.06. The van der Waals surface area contributed by atoms with Gasteiger partial charge in [-0.25, -0.2) is 21.1 Å². The van der Waals surface area contributed by atoms with Gasteiger partial charge in [0.2, 0.25) is 26.0 Å². The van der Waals surface area contributed by atoms with Gasteiger partial charge in [0.25, 0.3) is 0 Å². The van der Waals surface area contributed by atoms with Crippen LogP contribution >= 0.6 is 0 Å². The number of hydrogen-bond acceptors (Lipinski definition) is 5. The van der Waals surface area contributed by atoms with Gasteiger partial charge in [0.05, 0.1) is 9.79 Å². The molecular formula is C16H25N3O5S2. The van der Waals surface area contributed by atoms with Gasteiger partial charge in [0.15, 0.2) is 0 Å². The number of carbonyl (C=O) groups is 1. The van der Waals surface area contributed by atoms with E-state index < -0.39 is 26.1 Å². The van der Waals surface area contributed by atoms with Crippen molar-refractivity contribution in [1.82, 2.24) is 13.9 Å². The van der Waals surface area contributed by atoms with Crippen LogP contribution in [0.15, 0.2) is 34.1 Å². The van der Waals surface area contributed by atoms with Gasteiger partial charge in [-0.2, -0.15) is 4.31 Å². The van der Waals surface area contributed by atoms with Crippen molar-refractivity contribution in [2.45, 2.75) is 48.6 Å². The SMILES string of the molecule is CC(C)NC(=O)C1CCCN1S(=O)(=O)c1ccc(S(=O)(=O)N(C)C)cc1. The standard InChI is InChI=1S/C16H25N3O5S2/c1-12(2)17-16(20)15-6-5-11-19(15)26(23,24)14-9-7-13(8-10-14)25(21,22)18(3)4/h7-10,12,15H,5-6,11H2,1-4H3,(H,17,20). The fraction of sp³-hybridized carbons (Fsp3) is 0.562. The van der Waals surface area contributed by atoms with Crippen LogP contribution in [0.3, 0.4) is 0 Å². The fourth-order valence-corrected chi connectivity index (χ4v) is 5.36. The fourth-order valence-electron chi connectivity index (χ4n) is 2.80. The minimum atomic E-state index is -3.89. The molecule has 1 amide bonds. The summed E-state index contributed by atoms with van der Waals surface area (Å²) in [5.74, 6) is -0.312. The molecule has 0 bridgehead atoms.